The highest BCUT2D eigenvalue weighted by molar-refractivity contribution is 5.77. The van der Waals surface area contributed by atoms with E-state index in [-0.39, 0.29) is 17.4 Å². The second-order valence-electron chi connectivity index (χ2n) is 5.15. The van der Waals surface area contributed by atoms with E-state index in [0.717, 1.165) is 12.8 Å². The smallest absolute Gasteiger partial charge is 0.222 e. The van der Waals surface area contributed by atoms with Gasteiger partial charge in [0.05, 0.1) is 0 Å². The monoisotopic (exact) mass is 212 g/mol. The lowest BCUT2D eigenvalue weighted by atomic mass is 9.91. The molecule has 88 valence electrons. The SMILES string of the molecule is CC(C)C(=O)NCC1(N)CCCCCC1. The third kappa shape index (κ3) is 4.20. The Hall–Kier alpha value is -0.570. The van der Waals surface area contributed by atoms with Crippen molar-refractivity contribution >= 4 is 5.91 Å². The van der Waals surface area contributed by atoms with Gasteiger partial charge in [-0.1, -0.05) is 39.5 Å². The molecule has 3 N–H and O–H groups in total. The van der Waals surface area contributed by atoms with E-state index in [1.165, 1.54) is 25.7 Å². The highest BCUT2D eigenvalue weighted by atomic mass is 16.1. The number of carbonyl (C=O) groups excluding carboxylic acids is 1. The maximum Gasteiger partial charge on any atom is 0.222 e. The molecule has 3 nitrogen and oxygen atoms in total. The summed E-state index contributed by atoms with van der Waals surface area (Å²) in [6.07, 6.45) is 7.08. The van der Waals surface area contributed by atoms with Gasteiger partial charge >= 0.3 is 0 Å². The molecule has 1 aliphatic rings. The highest BCUT2D eigenvalue weighted by Crippen LogP contribution is 2.24. The fourth-order valence-electron chi connectivity index (χ4n) is 2.08. The number of hydrogen-bond acceptors (Lipinski definition) is 2. The summed E-state index contributed by atoms with van der Waals surface area (Å²) in [7, 11) is 0. The summed E-state index contributed by atoms with van der Waals surface area (Å²) >= 11 is 0. The first kappa shape index (κ1) is 12.5. The Bertz CT molecular complexity index is 206. The Morgan fingerprint density at radius 2 is 1.80 bits per heavy atom. The Labute approximate surface area is 92.8 Å². The number of carbonyl (C=O) groups is 1. The van der Waals surface area contributed by atoms with Crippen molar-refractivity contribution in [1.29, 1.82) is 0 Å². The molecular weight excluding hydrogens is 188 g/mol. The summed E-state index contributed by atoms with van der Waals surface area (Å²) in [6, 6.07) is 0. The largest absolute Gasteiger partial charge is 0.354 e. The van der Waals surface area contributed by atoms with Gasteiger partial charge in [0.15, 0.2) is 0 Å². The van der Waals surface area contributed by atoms with Crippen LogP contribution >= 0.6 is 0 Å². The van der Waals surface area contributed by atoms with Crippen molar-refractivity contribution < 1.29 is 4.79 Å². The summed E-state index contributed by atoms with van der Waals surface area (Å²) in [4.78, 5) is 11.4. The van der Waals surface area contributed by atoms with Crippen LogP contribution in [0.5, 0.6) is 0 Å². The van der Waals surface area contributed by atoms with Crippen molar-refractivity contribution in [3.8, 4) is 0 Å². The molecule has 3 heteroatoms. The Morgan fingerprint density at radius 3 is 2.27 bits per heavy atom. The fraction of sp³-hybridized carbons (Fsp3) is 0.917. The van der Waals surface area contributed by atoms with Crippen molar-refractivity contribution in [2.75, 3.05) is 6.54 Å². The number of hydrogen-bond donors (Lipinski definition) is 2. The van der Waals surface area contributed by atoms with Gasteiger partial charge in [-0.25, -0.2) is 0 Å². The molecule has 1 amide bonds. The second-order valence-corrected chi connectivity index (χ2v) is 5.15. The number of nitrogens with two attached hydrogens (primary N) is 1. The normalized spacial score (nSPS) is 21.1. The van der Waals surface area contributed by atoms with Crippen LogP contribution in [0.4, 0.5) is 0 Å². The van der Waals surface area contributed by atoms with E-state index in [2.05, 4.69) is 5.32 Å². The standard InChI is InChI=1S/C12H24N2O/c1-10(2)11(15)14-9-12(13)7-5-3-4-6-8-12/h10H,3-9,13H2,1-2H3,(H,14,15). The van der Waals surface area contributed by atoms with Crippen LogP contribution in [-0.4, -0.2) is 18.0 Å². The van der Waals surface area contributed by atoms with Crippen LogP contribution in [0.15, 0.2) is 0 Å². The van der Waals surface area contributed by atoms with Gasteiger partial charge in [-0.2, -0.15) is 0 Å². The molecule has 0 bridgehead atoms. The minimum Gasteiger partial charge on any atom is -0.354 e. The molecule has 1 rings (SSSR count). The zero-order valence-corrected chi connectivity index (χ0v) is 10.0. The first-order valence-corrected chi connectivity index (χ1v) is 6.10. The number of rotatable bonds is 3. The molecule has 1 fully saturated rings. The molecule has 15 heavy (non-hydrogen) atoms. The molecule has 0 saturated heterocycles. The molecule has 0 radical (unpaired) electrons. The van der Waals surface area contributed by atoms with Crippen molar-refractivity contribution in [1.82, 2.24) is 5.32 Å². The molecular formula is C12H24N2O. The average molecular weight is 212 g/mol. The van der Waals surface area contributed by atoms with E-state index in [4.69, 9.17) is 5.73 Å². The van der Waals surface area contributed by atoms with Crippen molar-refractivity contribution in [3.63, 3.8) is 0 Å². The van der Waals surface area contributed by atoms with Gasteiger partial charge in [0.25, 0.3) is 0 Å². The van der Waals surface area contributed by atoms with Gasteiger partial charge in [-0.15, -0.1) is 0 Å². The predicted octanol–water partition coefficient (Wildman–Crippen LogP) is 1.81. The zero-order chi connectivity index (χ0) is 11.3. The molecule has 1 saturated carbocycles. The van der Waals surface area contributed by atoms with Gasteiger partial charge in [-0.3, -0.25) is 4.79 Å². The minimum atomic E-state index is -0.152. The van der Waals surface area contributed by atoms with Crippen LogP contribution in [0, 0.1) is 5.92 Å². The topological polar surface area (TPSA) is 55.1 Å². The Balaban J connectivity index is 2.37. The van der Waals surface area contributed by atoms with Crippen LogP contribution in [0.3, 0.4) is 0 Å². The zero-order valence-electron chi connectivity index (χ0n) is 10.0. The van der Waals surface area contributed by atoms with Gasteiger partial charge in [0.2, 0.25) is 5.91 Å². The molecule has 0 heterocycles. The van der Waals surface area contributed by atoms with Crippen LogP contribution in [0.1, 0.15) is 52.4 Å². The fourth-order valence-corrected chi connectivity index (χ4v) is 2.08. The third-order valence-corrected chi connectivity index (χ3v) is 3.24. The molecule has 0 atom stereocenters. The Morgan fingerprint density at radius 1 is 1.27 bits per heavy atom. The lowest BCUT2D eigenvalue weighted by Crippen LogP contribution is -2.50. The lowest BCUT2D eigenvalue weighted by molar-refractivity contribution is -0.124. The summed E-state index contributed by atoms with van der Waals surface area (Å²) in [5.41, 5.74) is 6.14. The predicted molar refractivity (Wildman–Crippen MR) is 62.5 cm³/mol. The van der Waals surface area contributed by atoms with E-state index in [9.17, 15) is 4.79 Å². The summed E-state index contributed by atoms with van der Waals surface area (Å²) in [6.45, 7) is 4.46. The maximum atomic E-state index is 11.4. The van der Waals surface area contributed by atoms with E-state index in [0.29, 0.717) is 6.54 Å². The van der Waals surface area contributed by atoms with Gasteiger partial charge < -0.3 is 11.1 Å². The summed E-state index contributed by atoms with van der Waals surface area (Å²) < 4.78 is 0. The minimum absolute atomic E-state index is 0.0550. The first-order valence-electron chi connectivity index (χ1n) is 6.10. The van der Waals surface area contributed by atoms with Crippen LogP contribution in [-0.2, 0) is 4.79 Å². The third-order valence-electron chi connectivity index (χ3n) is 3.24. The van der Waals surface area contributed by atoms with Crippen LogP contribution in [0.2, 0.25) is 0 Å². The summed E-state index contributed by atoms with van der Waals surface area (Å²) in [5, 5.41) is 2.96. The van der Waals surface area contributed by atoms with Gasteiger partial charge in [0, 0.05) is 18.0 Å². The first-order chi connectivity index (χ1) is 7.03. The van der Waals surface area contributed by atoms with E-state index in [1.807, 2.05) is 13.8 Å². The number of amides is 1. The quantitative estimate of drug-likeness (QED) is 0.701. The molecule has 0 unspecified atom stereocenters. The molecule has 0 aromatic heterocycles. The van der Waals surface area contributed by atoms with E-state index in [1.54, 1.807) is 0 Å². The summed E-state index contributed by atoms with van der Waals surface area (Å²) in [5.74, 6) is 0.170. The highest BCUT2D eigenvalue weighted by Gasteiger charge is 2.26. The van der Waals surface area contributed by atoms with Gasteiger partial charge in [-0.05, 0) is 12.8 Å². The van der Waals surface area contributed by atoms with Crippen molar-refractivity contribution in [2.24, 2.45) is 11.7 Å². The molecule has 0 spiro atoms. The van der Waals surface area contributed by atoms with Crippen LogP contribution < -0.4 is 11.1 Å². The van der Waals surface area contributed by atoms with Gasteiger partial charge in [0.1, 0.15) is 0 Å². The second kappa shape index (κ2) is 5.50. The Kier molecular flexibility index (Phi) is 4.58. The van der Waals surface area contributed by atoms with E-state index < -0.39 is 0 Å². The van der Waals surface area contributed by atoms with Crippen molar-refractivity contribution in [3.05, 3.63) is 0 Å². The van der Waals surface area contributed by atoms with E-state index >= 15 is 0 Å². The lowest BCUT2D eigenvalue weighted by Gasteiger charge is -2.28. The number of nitrogens with one attached hydrogen (secondary N) is 1. The molecule has 0 aromatic carbocycles. The average Bonchev–Trinajstić information content (AvgIpc) is 2.40. The van der Waals surface area contributed by atoms with Crippen LogP contribution in [0.25, 0.3) is 0 Å². The maximum absolute atomic E-state index is 11.4. The molecule has 0 aliphatic heterocycles. The molecule has 0 aromatic rings. The van der Waals surface area contributed by atoms with Crippen molar-refractivity contribution in [2.45, 2.75) is 57.9 Å². The molecule has 1 aliphatic carbocycles.